The predicted octanol–water partition coefficient (Wildman–Crippen LogP) is -0.546. The molecule has 1 aliphatic rings. The van der Waals surface area contributed by atoms with Crippen LogP contribution in [0.5, 0.6) is 0 Å². The molecule has 1 fully saturated rings. The third-order valence-corrected chi connectivity index (χ3v) is 2.31. The van der Waals surface area contributed by atoms with Crippen LogP contribution in [0.4, 0.5) is 0 Å². The Hall–Kier alpha value is -0.490. The van der Waals surface area contributed by atoms with Gasteiger partial charge in [-0.15, -0.1) is 0 Å². The summed E-state index contributed by atoms with van der Waals surface area (Å²) in [5.74, 6) is 0. The van der Waals surface area contributed by atoms with E-state index < -0.39 is 11.2 Å². The zero-order valence-corrected chi connectivity index (χ0v) is 8.12. The Kier molecular flexibility index (Phi) is 3.02. The fourth-order valence-corrected chi connectivity index (χ4v) is 1.24. The van der Waals surface area contributed by atoms with Crippen LogP contribution >= 0.6 is 0 Å². The Bertz CT molecular complexity index is 206. The maximum atomic E-state index is 5.90. The minimum atomic E-state index is -0.976. The van der Waals surface area contributed by atoms with Gasteiger partial charge in [0.05, 0.1) is 13.2 Å². The molecule has 0 amide bonds. The van der Waals surface area contributed by atoms with Gasteiger partial charge in [-0.05, 0) is 20.1 Å². The molecule has 0 aliphatic carbocycles. The van der Waals surface area contributed by atoms with Crippen molar-refractivity contribution in [2.24, 2.45) is 16.5 Å². The van der Waals surface area contributed by atoms with Gasteiger partial charge in [-0.1, -0.05) is 0 Å². The molecule has 5 heteroatoms. The van der Waals surface area contributed by atoms with E-state index >= 15 is 0 Å². The molecule has 1 unspecified atom stereocenters. The smallest absolute Gasteiger partial charge is 0.146 e. The first kappa shape index (κ1) is 10.6. The SMILES string of the molecule is CC=NC1(C)COCOCC1(N)N. The van der Waals surface area contributed by atoms with Crippen LogP contribution in [0.25, 0.3) is 0 Å². The Morgan fingerprint density at radius 2 is 1.92 bits per heavy atom. The molecule has 1 saturated heterocycles. The molecule has 0 aromatic rings. The lowest BCUT2D eigenvalue weighted by Crippen LogP contribution is -2.68. The van der Waals surface area contributed by atoms with Crippen LogP contribution in [0, 0.1) is 0 Å². The molecule has 76 valence electrons. The third-order valence-electron chi connectivity index (χ3n) is 2.31. The van der Waals surface area contributed by atoms with E-state index in [4.69, 9.17) is 20.9 Å². The Morgan fingerprint density at radius 3 is 2.54 bits per heavy atom. The van der Waals surface area contributed by atoms with Crippen LogP contribution in [0.3, 0.4) is 0 Å². The van der Waals surface area contributed by atoms with E-state index in [1.54, 1.807) is 6.21 Å². The van der Waals surface area contributed by atoms with Crippen LogP contribution in [0.1, 0.15) is 13.8 Å². The molecule has 0 spiro atoms. The fraction of sp³-hybridized carbons (Fsp3) is 0.875. The van der Waals surface area contributed by atoms with Crippen molar-refractivity contribution in [3.63, 3.8) is 0 Å². The zero-order chi connectivity index (χ0) is 9.95. The minimum absolute atomic E-state index is 0.227. The highest BCUT2D eigenvalue weighted by atomic mass is 16.7. The normalized spacial score (nSPS) is 34.8. The van der Waals surface area contributed by atoms with E-state index in [2.05, 4.69) is 4.99 Å². The van der Waals surface area contributed by atoms with E-state index in [1.165, 1.54) is 0 Å². The Labute approximate surface area is 78.1 Å². The van der Waals surface area contributed by atoms with Gasteiger partial charge in [-0.2, -0.15) is 0 Å². The van der Waals surface area contributed by atoms with Crippen molar-refractivity contribution in [1.29, 1.82) is 0 Å². The lowest BCUT2D eigenvalue weighted by atomic mass is 9.89. The number of ether oxygens (including phenoxy) is 2. The number of hydrogen-bond acceptors (Lipinski definition) is 5. The summed E-state index contributed by atoms with van der Waals surface area (Å²) in [4.78, 5) is 4.25. The summed E-state index contributed by atoms with van der Waals surface area (Å²) in [6.07, 6.45) is 1.68. The van der Waals surface area contributed by atoms with Gasteiger partial charge in [0.1, 0.15) is 18.0 Å². The molecule has 0 bridgehead atoms. The first-order valence-corrected chi connectivity index (χ1v) is 4.25. The maximum absolute atomic E-state index is 5.90. The highest BCUT2D eigenvalue weighted by Gasteiger charge is 2.44. The average Bonchev–Trinajstić information content (AvgIpc) is 2.14. The van der Waals surface area contributed by atoms with Crippen LogP contribution in [0.15, 0.2) is 4.99 Å². The van der Waals surface area contributed by atoms with Crippen molar-refractivity contribution < 1.29 is 9.47 Å². The molecule has 0 radical (unpaired) electrons. The Morgan fingerprint density at radius 1 is 1.31 bits per heavy atom. The van der Waals surface area contributed by atoms with Crippen LogP contribution < -0.4 is 11.5 Å². The molecule has 1 aliphatic heterocycles. The molecule has 0 aromatic heterocycles. The van der Waals surface area contributed by atoms with E-state index in [0.717, 1.165) is 0 Å². The van der Waals surface area contributed by atoms with Crippen molar-refractivity contribution >= 4 is 6.21 Å². The fourth-order valence-electron chi connectivity index (χ4n) is 1.24. The molecular formula is C8H17N3O2. The molecule has 0 saturated carbocycles. The summed E-state index contributed by atoms with van der Waals surface area (Å²) in [6.45, 7) is 4.55. The number of nitrogens with two attached hydrogens (primary N) is 2. The summed E-state index contributed by atoms with van der Waals surface area (Å²) in [5, 5.41) is 0. The number of aliphatic imine (C=N–C) groups is 1. The van der Waals surface area contributed by atoms with Crippen LogP contribution in [0.2, 0.25) is 0 Å². The van der Waals surface area contributed by atoms with Gasteiger partial charge in [-0.3, -0.25) is 4.99 Å². The minimum Gasteiger partial charge on any atom is -0.353 e. The van der Waals surface area contributed by atoms with Gasteiger partial charge in [0.15, 0.2) is 0 Å². The quantitative estimate of drug-likeness (QED) is 0.426. The summed E-state index contributed by atoms with van der Waals surface area (Å²) >= 11 is 0. The molecule has 4 N–H and O–H groups in total. The molecule has 1 rings (SSSR count). The van der Waals surface area contributed by atoms with Gasteiger partial charge in [0, 0.05) is 0 Å². The largest absolute Gasteiger partial charge is 0.353 e. The standard InChI is InChI=1S/C8H17N3O2/c1-3-11-7(2)4-12-6-13-5-8(7,9)10/h3H,4-6,9-10H2,1-2H3. The number of rotatable bonds is 1. The van der Waals surface area contributed by atoms with Crippen molar-refractivity contribution in [3.8, 4) is 0 Å². The average molecular weight is 187 g/mol. The lowest BCUT2D eigenvalue weighted by molar-refractivity contribution is -0.0386. The highest BCUT2D eigenvalue weighted by Crippen LogP contribution is 2.23. The van der Waals surface area contributed by atoms with E-state index in [-0.39, 0.29) is 13.4 Å². The van der Waals surface area contributed by atoms with E-state index in [1.807, 2.05) is 13.8 Å². The molecule has 5 nitrogen and oxygen atoms in total. The molecule has 1 atom stereocenters. The summed E-state index contributed by atoms with van der Waals surface area (Å²) in [5.41, 5.74) is 10.2. The van der Waals surface area contributed by atoms with Crippen molar-refractivity contribution in [2.75, 3.05) is 20.0 Å². The van der Waals surface area contributed by atoms with Crippen molar-refractivity contribution in [1.82, 2.24) is 0 Å². The monoisotopic (exact) mass is 187 g/mol. The van der Waals surface area contributed by atoms with Gasteiger partial charge in [0.25, 0.3) is 0 Å². The molecular weight excluding hydrogens is 170 g/mol. The van der Waals surface area contributed by atoms with Crippen LogP contribution in [-0.2, 0) is 9.47 Å². The number of hydrogen-bond donors (Lipinski definition) is 2. The second-order valence-electron chi connectivity index (χ2n) is 3.52. The van der Waals surface area contributed by atoms with Crippen molar-refractivity contribution in [2.45, 2.75) is 25.0 Å². The van der Waals surface area contributed by atoms with Gasteiger partial charge in [0.2, 0.25) is 0 Å². The van der Waals surface area contributed by atoms with Gasteiger partial charge >= 0.3 is 0 Å². The zero-order valence-electron chi connectivity index (χ0n) is 8.12. The second kappa shape index (κ2) is 3.71. The number of nitrogens with zero attached hydrogens (tertiary/aromatic N) is 1. The third kappa shape index (κ3) is 2.05. The lowest BCUT2D eigenvalue weighted by Gasteiger charge is -2.37. The van der Waals surface area contributed by atoms with Gasteiger partial charge < -0.3 is 20.9 Å². The summed E-state index contributed by atoms with van der Waals surface area (Å²) in [7, 11) is 0. The molecule has 1 heterocycles. The van der Waals surface area contributed by atoms with E-state index in [0.29, 0.717) is 6.61 Å². The van der Waals surface area contributed by atoms with Crippen molar-refractivity contribution in [3.05, 3.63) is 0 Å². The Balaban J connectivity index is 2.88. The maximum Gasteiger partial charge on any atom is 0.146 e. The topological polar surface area (TPSA) is 82.9 Å². The summed E-state index contributed by atoms with van der Waals surface area (Å²) < 4.78 is 10.3. The highest BCUT2D eigenvalue weighted by molar-refractivity contribution is 5.54. The second-order valence-corrected chi connectivity index (χ2v) is 3.52. The molecule has 13 heavy (non-hydrogen) atoms. The van der Waals surface area contributed by atoms with Gasteiger partial charge in [-0.25, -0.2) is 0 Å². The van der Waals surface area contributed by atoms with Crippen LogP contribution in [-0.4, -0.2) is 37.4 Å². The first-order chi connectivity index (χ1) is 6.02. The predicted molar refractivity (Wildman–Crippen MR) is 50.4 cm³/mol. The summed E-state index contributed by atoms with van der Waals surface area (Å²) in [6, 6.07) is 0. The molecule has 0 aromatic carbocycles. The first-order valence-electron chi connectivity index (χ1n) is 4.25. The van der Waals surface area contributed by atoms with E-state index in [9.17, 15) is 0 Å².